The molecule has 1 N–H and O–H groups in total. The first-order chi connectivity index (χ1) is 15.0. The maximum absolute atomic E-state index is 13.1. The zero-order valence-electron chi connectivity index (χ0n) is 17.0. The van der Waals surface area contributed by atoms with Crippen LogP contribution in [0.1, 0.15) is 18.5 Å². The average Bonchev–Trinajstić information content (AvgIpc) is 3.22. The van der Waals surface area contributed by atoms with Crippen LogP contribution in [0, 0.1) is 0 Å². The molecule has 0 fully saturated rings. The normalized spacial score (nSPS) is 17.6. The van der Waals surface area contributed by atoms with E-state index in [4.69, 9.17) is 18.9 Å². The lowest BCUT2D eigenvalue weighted by molar-refractivity contribution is -0.140. The van der Waals surface area contributed by atoms with Crippen LogP contribution < -0.4 is 19.7 Å². The molecule has 2 heterocycles. The SMILES string of the molecule is COCCOC(=O)C1=C(C)N(c2ccc3c(c2)OCO3)C(=O)N[C@@H]1c1ccc(Br)cc1. The van der Waals surface area contributed by atoms with Gasteiger partial charge in [-0.1, -0.05) is 28.1 Å². The summed E-state index contributed by atoms with van der Waals surface area (Å²) in [4.78, 5) is 27.6. The maximum atomic E-state index is 13.1. The Labute approximate surface area is 187 Å². The van der Waals surface area contributed by atoms with Crippen LogP contribution in [0.4, 0.5) is 10.5 Å². The molecule has 4 rings (SSSR count). The number of ether oxygens (including phenoxy) is 4. The highest BCUT2D eigenvalue weighted by Crippen LogP contribution is 2.39. The number of carbonyl (C=O) groups is 2. The van der Waals surface area contributed by atoms with Crippen LogP contribution in [0.5, 0.6) is 11.5 Å². The summed E-state index contributed by atoms with van der Waals surface area (Å²) in [7, 11) is 1.53. The first-order valence-electron chi connectivity index (χ1n) is 9.62. The minimum atomic E-state index is -0.652. The molecule has 2 aromatic rings. The van der Waals surface area contributed by atoms with Crippen LogP contribution >= 0.6 is 15.9 Å². The van der Waals surface area contributed by atoms with Crippen molar-refractivity contribution in [1.29, 1.82) is 0 Å². The number of urea groups is 1. The smallest absolute Gasteiger partial charge is 0.338 e. The summed E-state index contributed by atoms with van der Waals surface area (Å²) in [5, 5.41) is 2.93. The molecule has 31 heavy (non-hydrogen) atoms. The monoisotopic (exact) mass is 488 g/mol. The van der Waals surface area contributed by atoms with E-state index in [0.29, 0.717) is 28.5 Å². The van der Waals surface area contributed by atoms with Crippen molar-refractivity contribution < 1.29 is 28.5 Å². The Morgan fingerprint density at radius 2 is 1.90 bits per heavy atom. The molecule has 2 aliphatic heterocycles. The molecule has 2 amide bonds. The van der Waals surface area contributed by atoms with E-state index in [9.17, 15) is 9.59 Å². The predicted octanol–water partition coefficient (Wildman–Crippen LogP) is 3.91. The summed E-state index contributed by atoms with van der Waals surface area (Å²) >= 11 is 3.41. The van der Waals surface area contributed by atoms with E-state index in [1.807, 2.05) is 24.3 Å². The fourth-order valence-corrected chi connectivity index (χ4v) is 3.81. The van der Waals surface area contributed by atoms with Crippen molar-refractivity contribution >= 4 is 33.6 Å². The molecule has 2 aromatic carbocycles. The number of esters is 1. The van der Waals surface area contributed by atoms with Gasteiger partial charge in [-0.3, -0.25) is 4.90 Å². The van der Waals surface area contributed by atoms with E-state index < -0.39 is 12.0 Å². The van der Waals surface area contributed by atoms with Crippen LogP contribution in [0.3, 0.4) is 0 Å². The number of halogens is 1. The number of nitrogens with one attached hydrogen (secondary N) is 1. The van der Waals surface area contributed by atoms with Gasteiger partial charge < -0.3 is 24.3 Å². The second-order valence-electron chi connectivity index (χ2n) is 6.93. The Morgan fingerprint density at radius 1 is 1.16 bits per heavy atom. The molecular formula is C22H21BrN2O6. The molecule has 2 aliphatic rings. The first-order valence-corrected chi connectivity index (χ1v) is 10.4. The third kappa shape index (κ3) is 4.24. The summed E-state index contributed by atoms with van der Waals surface area (Å²) in [6.07, 6.45) is 0. The number of allylic oxidation sites excluding steroid dienone is 1. The van der Waals surface area contributed by atoms with Crippen molar-refractivity contribution in [2.24, 2.45) is 0 Å². The summed E-state index contributed by atoms with van der Waals surface area (Å²) in [5.41, 5.74) is 2.13. The largest absolute Gasteiger partial charge is 0.460 e. The third-order valence-corrected chi connectivity index (χ3v) is 5.57. The van der Waals surface area contributed by atoms with E-state index in [1.165, 1.54) is 12.0 Å². The summed E-state index contributed by atoms with van der Waals surface area (Å²) in [6.45, 7) is 2.24. The van der Waals surface area contributed by atoms with Crippen LogP contribution in [-0.2, 0) is 14.3 Å². The van der Waals surface area contributed by atoms with Gasteiger partial charge in [-0.15, -0.1) is 0 Å². The maximum Gasteiger partial charge on any atom is 0.338 e. The van der Waals surface area contributed by atoms with Crippen molar-refractivity contribution in [3.63, 3.8) is 0 Å². The highest BCUT2D eigenvalue weighted by Gasteiger charge is 2.37. The van der Waals surface area contributed by atoms with Gasteiger partial charge in [0.1, 0.15) is 6.61 Å². The highest BCUT2D eigenvalue weighted by atomic mass is 79.9. The van der Waals surface area contributed by atoms with E-state index >= 15 is 0 Å². The Hall–Kier alpha value is -3.04. The van der Waals surface area contributed by atoms with Gasteiger partial charge in [-0.05, 0) is 36.8 Å². The molecule has 0 aromatic heterocycles. The lowest BCUT2D eigenvalue weighted by atomic mass is 9.94. The number of carbonyl (C=O) groups excluding carboxylic acids is 2. The van der Waals surface area contributed by atoms with Crippen molar-refractivity contribution in [3.8, 4) is 11.5 Å². The van der Waals surface area contributed by atoms with Gasteiger partial charge in [-0.25, -0.2) is 9.59 Å². The molecule has 9 heteroatoms. The van der Waals surface area contributed by atoms with Gasteiger partial charge in [0.05, 0.1) is 23.9 Å². The van der Waals surface area contributed by atoms with Crippen molar-refractivity contribution in [1.82, 2.24) is 5.32 Å². The van der Waals surface area contributed by atoms with Gasteiger partial charge >= 0.3 is 12.0 Å². The number of amides is 2. The molecule has 0 aliphatic carbocycles. The number of hydrogen-bond acceptors (Lipinski definition) is 6. The van der Waals surface area contributed by atoms with Crippen LogP contribution in [0.2, 0.25) is 0 Å². The van der Waals surface area contributed by atoms with Crippen molar-refractivity contribution in [2.45, 2.75) is 13.0 Å². The van der Waals surface area contributed by atoms with Crippen LogP contribution in [0.15, 0.2) is 58.2 Å². The molecule has 0 radical (unpaired) electrons. The zero-order valence-corrected chi connectivity index (χ0v) is 18.6. The highest BCUT2D eigenvalue weighted by molar-refractivity contribution is 9.10. The minimum absolute atomic E-state index is 0.108. The molecule has 0 spiro atoms. The van der Waals surface area contributed by atoms with Crippen molar-refractivity contribution in [3.05, 3.63) is 63.8 Å². The fraction of sp³-hybridized carbons (Fsp3) is 0.273. The molecule has 8 nitrogen and oxygen atoms in total. The number of fused-ring (bicyclic) bond motifs is 1. The van der Waals surface area contributed by atoms with E-state index in [0.717, 1.165) is 10.0 Å². The molecular weight excluding hydrogens is 468 g/mol. The Balaban J connectivity index is 1.75. The molecule has 0 unspecified atom stereocenters. The van der Waals surface area contributed by atoms with Gasteiger partial charge in [0.2, 0.25) is 6.79 Å². The number of rotatable bonds is 6. The van der Waals surface area contributed by atoms with Gasteiger partial charge in [-0.2, -0.15) is 0 Å². The molecule has 0 bridgehead atoms. The van der Waals surface area contributed by atoms with Crippen LogP contribution in [-0.4, -0.2) is 39.1 Å². The predicted molar refractivity (Wildman–Crippen MR) is 116 cm³/mol. The lowest BCUT2D eigenvalue weighted by Crippen LogP contribution is -2.48. The summed E-state index contributed by atoms with van der Waals surface area (Å²) in [6, 6.07) is 11.6. The molecule has 162 valence electrons. The molecule has 1 atom stereocenters. The van der Waals surface area contributed by atoms with Gasteiger partial charge in [0.25, 0.3) is 0 Å². The third-order valence-electron chi connectivity index (χ3n) is 5.04. The Bertz CT molecular complexity index is 1040. The lowest BCUT2D eigenvalue weighted by Gasteiger charge is -2.35. The number of hydrogen-bond donors (Lipinski definition) is 1. The second kappa shape index (κ2) is 8.99. The van der Waals surface area contributed by atoms with Crippen molar-refractivity contribution in [2.75, 3.05) is 32.0 Å². The summed E-state index contributed by atoms with van der Waals surface area (Å²) in [5.74, 6) is 0.625. The first kappa shape index (κ1) is 21.2. The Kier molecular flexibility index (Phi) is 6.15. The number of nitrogens with zero attached hydrogens (tertiary/aromatic N) is 1. The van der Waals surface area contributed by atoms with Gasteiger partial charge in [0, 0.05) is 23.3 Å². The van der Waals surface area contributed by atoms with Gasteiger partial charge in [0.15, 0.2) is 11.5 Å². The standard InChI is InChI=1S/C22H21BrN2O6/c1-13-19(21(26)29-10-9-28-2)20(14-3-5-15(23)6-4-14)24-22(27)25(13)16-7-8-17-18(11-16)31-12-30-17/h3-8,11,20H,9-10,12H2,1-2H3,(H,24,27)/t20-/m1/s1. The molecule has 0 saturated carbocycles. The minimum Gasteiger partial charge on any atom is -0.460 e. The molecule has 0 saturated heterocycles. The van der Waals surface area contributed by atoms with Crippen LogP contribution in [0.25, 0.3) is 0 Å². The van der Waals surface area contributed by atoms with E-state index in [-0.39, 0.29) is 26.0 Å². The number of anilines is 1. The topological polar surface area (TPSA) is 86.3 Å². The quantitative estimate of drug-likeness (QED) is 0.489. The number of methoxy groups -OCH3 is 1. The number of benzene rings is 2. The zero-order chi connectivity index (χ0) is 22.0. The van der Waals surface area contributed by atoms with E-state index in [2.05, 4.69) is 21.2 Å². The summed E-state index contributed by atoms with van der Waals surface area (Å²) < 4.78 is 22.1. The fourth-order valence-electron chi connectivity index (χ4n) is 3.54. The second-order valence-corrected chi connectivity index (χ2v) is 7.85. The Morgan fingerprint density at radius 3 is 2.65 bits per heavy atom. The average molecular weight is 489 g/mol. The van der Waals surface area contributed by atoms with E-state index in [1.54, 1.807) is 25.1 Å².